The van der Waals surface area contributed by atoms with Crippen LogP contribution in [0.3, 0.4) is 0 Å². The molecule has 0 aliphatic rings. The molecule has 0 spiro atoms. The fourth-order valence-electron chi connectivity index (χ4n) is 2.34. The third kappa shape index (κ3) is 5.40. The van der Waals surface area contributed by atoms with Crippen LogP contribution in [0.25, 0.3) is 0 Å². The summed E-state index contributed by atoms with van der Waals surface area (Å²) in [5.74, 6) is -0.240. The Bertz CT molecular complexity index is 924. The van der Waals surface area contributed by atoms with Gasteiger partial charge in [0.15, 0.2) is 6.61 Å². The van der Waals surface area contributed by atoms with E-state index in [1.165, 1.54) is 29.2 Å². The summed E-state index contributed by atoms with van der Waals surface area (Å²) in [5.41, 5.74) is 0.306. The molecule has 144 valence electrons. The molecule has 0 bridgehead atoms. The van der Waals surface area contributed by atoms with Gasteiger partial charge in [0.05, 0.1) is 12.1 Å². The van der Waals surface area contributed by atoms with Crippen LogP contribution in [0, 0.1) is 5.82 Å². The molecule has 1 heterocycles. The molecule has 2 aromatic carbocycles. The zero-order valence-corrected chi connectivity index (χ0v) is 15.9. The van der Waals surface area contributed by atoms with Crippen molar-refractivity contribution in [2.24, 2.45) is 0 Å². The van der Waals surface area contributed by atoms with Gasteiger partial charge in [-0.25, -0.2) is 9.18 Å². The van der Waals surface area contributed by atoms with Crippen LogP contribution in [0.15, 0.2) is 66.0 Å². The number of benzene rings is 2. The molecule has 1 amide bonds. The van der Waals surface area contributed by atoms with Crippen LogP contribution in [-0.4, -0.2) is 30.4 Å². The number of carbonyl (C=O) groups is 2. The van der Waals surface area contributed by atoms with E-state index in [0.717, 1.165) is 4.88 Å². The molecule has 0 unspecified atom stereocenters. The maximum Gasteiger partial charge on any atom is 0.338 e. The lowest BCUT2D eigenvalue weighted by Gasteiger charge is -2.16. The van der Waals surface area contributed by atoms with E-state index in [1.54, 1.807) is 42.6 Å². The van der Waals surface area contributed by atoms with Gasteiger partial charge in [-0.3, -0.25) is 4.79 Å². The molecule has 5 nitrogen and oxygen atoms in total. The summed E-state index contributed by atoms with van der Waals surface area (Å²) in [5, 5.41) is 1.94. The second kappa shape index (κ2) is 9.14. The first kappa shape index (κ1) is 19.6. The Morgan fingerprint density at radius 2 is 1.64 bits per heavy atom. The number of nitrogens with zero attached hydrogens (tertiary/aromatic N) is 1. The fourth-order valence-corrected chi connectivity index (χ4v) is 3.10. The fraction of sp³-hybridized carbons (Fsp3) is 0.143. The van der Waals surface area contributed by atoms with Gasteiger partial charge in [-0.05, 0) is 60.0 Å². The Morgan fingerprint density at radius 1 is 1.00 bits per heavy atom. The van der Waals surface area contributed by atoms with E-state index >= 15 is 0 Å². The van der Waals surface area contributed by atoms with Crippen molar-refractivity contribution in [3.05, 3.63) is 82.3 Å². The van der Waals surface area contributed by atoms with E-state index in [-0.39, 0.29) is 18.3 Å². The van der Waals surface area contributed by atoms with Crippen molar-refractivity contribution in [1.82, 2.24) is 4.90 Å². The molecule has 0 aliphatic heterocycles. The van der Waals surface area contributed by atoms with Gasteiger partial charge >= 0.3 is 5.97 Å². The summed E-state index contributed by atoms with van der Waals surface area (Å²) in [6, 6.07) is 15.8. The minimum Gasteiger partial charge on any atom is -0.457 e. The van der Waals surface area contributed by atoms with Crippen LogP contribution >= 0.6 is 11.3 Å². The van der Waals surface area contributed by atoms with Crippen LogP contribution in [0.5, 0.6) is 11.5 Å². The van der Waals surface area contributed by atoms with Gasteiger partial charge in [-0.2, -0.15) is 0 Å². The van der Waals surface area contributed by atoms with Crippen molar-refractivity contribution in [3.8, 4) is 11.5 Å². The standard InChI is InChI=1S/C21H18FNO4S/c1-23(13-19-3-2-12-28-19)20(24)14-26-21(25)15-4-8-17(9-5-15)27-18-10-6-16(22)7-11-18/h2-12H,13-14H2,1H3. The monoisotopic (exact) mass is 399 g/mol. The SMILES string of the molecule is CN(Cc1cccs1)C(=O)COC(=O)c1ccc(Oc2ccc(F)cc2)cc1. The van der Waals surface area contributed by atoms with E-state index in [2.05, 4.69) is 0 Å². The molecule has 0 N–H and O–H groups in total. The lowest BCUT2D eigenvalue weighted by atomic mass is 10.2. The molecule has 0 saturated carbocycles. The van der Waals surface area contributed by atoms with Crippen LogP contribution in [0.1, 0.15) is 15.2 Å². The lowest BCUT2D eigenvalue weighted by Crippen LogP contribution is -2.30. The van der Waals surface area contributed by atoms with Crippen molar-refractivity contribution < 1.29 is 23.5 Å². The summed E-state index contributed by atoms with van der Waals surface area (Å²) in [4.78, 5) is 26.8. The van der Waals surface area contributed by atoms with Gasteiger partial charge in [0, 0.05) is 11.9 Å². The summed E-state index contributed by atoms with van der Waals surface area (Å²) < 4.78 is 23.6. The van der Waals surface area contributed by atoms with E-state index in [0.29, 0.717) is 23.6 Å². The molecule has 0 saturated heterocycles. The number of likely N-dealkylation sites (N-methyl/N-ethyl adjacent to an activating group) is 1. The highest BCUT2D eigenvalue weighted by Crippen LogP contribution is 2.22. The summed E-state index contributed by atoms with van der Waals surface area (Å²) in [7, 11) is 1.66. The molecule has 3 rings (SSSR count). The molecule has 1 aromatic heterocycles. The van der Waals surface area contributed by atoms with Crippen molar-refractivity contribution >= 4 is 23.2 Å². The van der Waals surface area contributed by atoms with E-state index in [1.807, 2.05) is 17.5 Å². The van der Waals surface area contributed by atoms with Crippen LogP contribution < -0.4 is 4.74 Å². The zero-order valence-electron chi connectivity index (χ0n) is 15.1. The number of esters is 1. The minimum absolute atomic E-state index is 0.280. The van der Waals surface area contributed by atoms with E-state index in [4.69, 9.17) is 9.47 Å². The van der Waals surface area contributed by atoms with E-state index < -0.39 is 5.97 Å². The smallest absolute Gasteiger partial charge is 0.338 e. The first-order valence-corrected chi connectivity index (χ1v) is 9.36. The number of carbonyl (C=O) groups excluding carboxylic acids is 2. The average molecular weight is 399 g/mol. The predicted molar refractivity (Wildman–Crippen MR) is 104 cm³/mol. The van der Waals surface area contributed by atoms with E-state index in [9.17, 15) is 14.0 Å². The molecule has 0 fully saturated rings. The van der Waals surface area contributed by atoms with Gasteiger partial charge in [0.2, 0.25) is 0 Å². The Labute approximate surface area is 165 Å². The summed E-state index contributed by atoms with van der Waals surface area (Å²) >= 11 is 1.56. The molecule has 0 atom stereocenters. The Balaban J connectivity index is 1.50. The second-order valence-corrected chi connectivity index (χ2v) is 7.02. The average Bonchev–Trinajstić information content (AvgIpc) is 3.21. The Morgan fingerprint density at radius 3 is 2.25 bits per heavy atom. The minimum atomic E-state index is -0.591. The molecule has 7 heteroatoms. The first-order chi connectivity index (χ1) is 13.5. The first-order valence-electron chi connectivity index (χ1n) is 8.48. The van der Waals surface area contributed by atoms with Gasteiger partial charge in [0.25, 0.3) is 5.91 Å². The van der Waals surface area contributed by atoms with Crippen molar-refractivity contribution in [2.75, 3.05) is 13.7 Å². The Hall–Kier alpha value is -3.19. The topological polar surface area (TPSA) is 55.8 Å². The molecule has 3 aromatic rings. The van der Waals surface area contributed by atoms with Gasteiger partial charge in [-0.15, -0.1) is 11.3 Å². The highest BCUT2D eigenvalue weighted by molar-refractivity contribution is 7.09. The number of amides is 1. The maximum absolute atomic E-state index is 12.9. The van der Waals surface area contributed by atoms with Crippen LogP contribution in [0.4, 0.5) is 4.39 Å². The molecular formula is C21H18FNO4S. The van der Waals surface area contributed by atoms with Crippen molar-refractivity contribution in [1.29, 1.82) is 0 Å². The summed E-state index contributed by atoms with van der Waals surface area (Å²) in [6.45, 7) is 0.151. The number of rotatable bonds is 7. The second-order valence-electron chi connectivity index (χ2n) is 5.99. The lowest BCUT2D eigenvalue weighted by molar-refractivity contribution is -0.133. The number of halogens is 1. The number of hydrogen-bond acceptors (Lipinski definition) is 5. The number of ether oxygens (including phenoxy) is 2. The largest absolute Gasteiger partial charge is 0.457 e. The molecular weight excluding hydrogens is 381 g/mol. The normalized spacial score (nSPS) is 10.4. The van der Waals surface area contributed by atoms with Gasteiger partial charge in [0.1, 0.15) is 17.3 Å². The zero-order chi connectivity index (χ0) is 19.9. The number of hydrogen-bond donors (Lipinski definition) is 0. The highest BCUT2D eigenvalue weighted by atomic mass is 32.1. The van der Waals surface area contributed by atoms with Crippen LogP contribution in [0.2, 0.25) is 0 Å². The quantitative estimate of drug-likeness (QED) is 0.549. The Kier molecular flexibility index (Phi) is 6.39. The molecule has 0 aliphatic carbocycles. The summed E-state index contributed by atoms with van der Waals surface area (Å²) in [6.07, 6.45) is 0. The van der Waals surface area contributed by atoms with Gasteiger partial charge in [-0.1, -0.05) is 6.07 Å². The number of thiophene rings is 1. The maximum atomic E-state index is 12.9. The highest BCUT2D eigenvalue weighted by Gasteiger charge is 2.14. The third-order valence-corrected chi connectivity index (χ3v) is 4.73. The van der Waals surface area contributed by atoms with Crippen molar-refractivity contribution in [2.45, 2.75) is 6.54 Å². The molecule has 28 heavy (non-hydrogen) atoms. The predicted octanol–water partition coefficient (Wildman–Crippen LogP) is 4.49. The van der Waals surface area contributed by atoms with Crippen LogP contribution in [-0.2, 0) is 16.1 Å². The van der Waals surface area contributed by atoms with Crippen molar-refractivity contribution in [3.63, 3.8) is 0 Å². The molecule has 0 radical (unpaired) electrons. The van der Waals surface area contributed by atoms with Gasteiger partial charge < -0.3 is 14.4 Å². The third-order valence-electron chi connectivity index (χ3n) is 3.86.